The first kappa shape index (κ1) is 65.4. The van der Waals surface area contributed by atoms with E-state index in [2.05, 4.69) is 9.97 Å². The molecule has 0 spiro atoms. The van der Waals surface area contributed by atoms with Crippen LogP contribution in [0.3, 0.4) is 0 Å². The number of rotatable bonds is 22. The van der Waals surface area contributed by atoms with Crippen molar-refractivity contribution in [2.24, 2.45) is 0 Å². The molecule has 0 unspecified atom stereocenters. The summed E-state index contributed by atoms with van der Waals surface area (Å²) in [5, 5.41) is 1.16. The molecule has 0 aliphatic carbocycles. The van der Waals surface area contributed by atoms with Gasteiger partial charge in [0.1, 0.15) is 29.1 Å². The van der Waals surface area contributed by atoms with Gasteiger partial charge in [0, 0.05) is 34.6 Å². The number of fused-ring (bicyclic) bond motifs is 2. The Morgan fingerprint density at radius 2 is 0.667 bits per heavy atom. The van der Waals surface area contributed by atoms with E-state index in [1.54, 1.807) is 30.3 Å². The second-order valence-corrected chi connectivity index (χ2v) is 24.1. The number of aromatic nitrogens is 2. The second-order valence-electron chi connectivity index (χ2n) is 16.7. The highest BCUT2D eigenvalue weighted by Gasteiger charge is 2.34. The minimum absolute atomic E-state index is 0.0253. The van der Waals surface area contributed by atoms with Crippen molar-refractivity contribution in [3.63, 3.8) is 0 Å². The van der Waals surface area contributed by atoms with E-state index in [0.29, 0.717) is 32.2 Å². The second kappa shape index (κ2) is 29.5. The Balaban J connectivity index is 0.000000281. The molecule has 30 heteroatoms. The Morgan fingerprint density at radius 3 is 1.00 bits per heavy atom. The van der Waals surface area contributed by atoms with E-state index < -0.39 is 76.8 Å². The number of carbonyl (C=O) groups is 2. The molecule has 84 heavy (non-hydrogen) atoms. The minimum Gasteiger partial charge on any atom is -0.445 e. The fourth-order valence-corrected chi connectivity index (χ4v) is 13.6. The Labute approximate surface area is 478 Å². The lowest BCUT2D eigenvalue weighted by Crippen LogP contribution is -2.35. The highest BCUT2D eigenvalue weighted by molar-refractivity contribution is 7.93. The standard InChI is InChI=1S/C27H27F2N3O4S2.C25H19F2N3O8S2.2CO2/c1-3-17-31(37(33,34)22-13-9-20(28)10-14-22)26-19-30-27(25-8-6-5-7-24(25)26)32(18-4-2)38(35,36)23-15-11-21(29)12-16-23;26-18-5-9-20(10-6-18)39(33,34)29(14-37-16-31)24-13-28-25(23-4-2-1-3-22(23)24)30(15-38-17-32)40(35,36)21-11-7-19(27)8-12-21;2*2-1-3/h5-16,19H,3-4,17-18H2,1-2H3;1-13,16-17H,14-15H2;;. The molecule has 0 atom stereocenters. The van der Waals surface area contributed by atoms with Gasteiger partial charge in [-0.1, -0.05) is 62.4 Å². The average Bonchev–Trinajstić information content (AvgIpc) is 1.20. The highest BCUT2D eigenvalue weighted by Crippen LogP contribution is 2.39. The molecule has 0 fully saturated rings. The number of ether oxygens (including phenoxy) is 2. The molecule has 0 radical (unpaired) electrons. The first-order valence-electron chi connectivity index (χ1n) is 24.0. The minimum atomic E-state index is -4.48. The molecule has 22 nitrogen and oxygen atoms in total. The van der Waals surface area contributed by atoms with E-state index in [0.717, 1.165) is 83.3 Å². The molecule has 2 heterocycles. The van der Waals surface area contributed by atoms with Crippen molar-refractivity contribution < 1.29 is 89.5 Å². The maximum atomic E-state index is 13.6. The van der Waals surface area contributed by atoms with Crippen LogP contribution in [0.1, 0.15) is 26.7 Å². The first-order chi connectivity index (χ1) is 40.0. The van der Waals surface area contributed by atoms with Crippen LogP contribution in [0.15, 0.2) is 178 Å². The lowest BCUT2D eigenvalue weighted by atomic mass is 10.1. The van der Waals surface area contributed by atoms with Gasteiger partial charge in [-0.25, -0.2) is 74.1 Å². The quantitative estimate of drug-likeness (QED) is 0.0356. The molecule has 0 aliphatic heterocycles. The molecule has 0 amide bonds. The van der Waals surface area contributed by atoms with Gasteiger partial charge in [0.05, 0.1) is 43.4 Å². The molecule has 440 valence electrons. The van der Waals surface area contributed by atoms with Crippen LogP contribution >= 0.6 is 0 Å². The van der Waals surface area contributed by atoms with Crippen molar-refractivity contribution in [1.29, 1.82) is 0 Å². The number of hydrogen-bond acceptors (Lipinski definition) is 18. The predicted octanol–water partition coefficient (Wildman–Crippen LogP) is 7.72. The summed E-state index contributed by atoms with van der Waals surface area (Å²) in [5.74, 6) is -2.58. The van der Waals surface area contributed by atoms with Crippen molar-refractivity contribution in [2.75, 3.05) is 43.8 Å². The molecular weight excluding hydrogens is 1190 g/mol. The number of halogens is 4. The smallest absolute Gasteiger partial charge is 0.373 e. The van der Waals surface area contributed by atoms with E-state index in [1.165, 1.54) is 53.0 Å². The fraction of sp³-hybridized carbons (Fsp3) is 0.148. The van der Waals surface area contributed by atoms with Crippen LogP contribution in [0, 0.1) is 23.3 Å². The third kappa shape index (κ3) is 15.2. The van der Waals surface area contributed by atoms with E-state index in [4.69, 9.17) is 28.7 Å². The van der Waals surface area contributed by atoms with Gasteiger partial charge < -0.3 is 9.47 Å². The maximum absolute atomic E-state index is 13.6. The van der Waals surface area contributed by atoms with Gasteiger partial charge in [-0.15, -0.1) is 0 Å². The fourth-order valence-electron chi connectivity index (χ4n) is 7.88. The number of carbonyl (C=O) groups excluding carboxylic acids is 6. The summed E-state index contributed by atoms with van der Waals surface area (Å²) >= 11 is 0. The van der Waals surface area contributed by atoms with Crippen LogP contribution in [0.2, 0.25) is 0 Å². The number of pyridine rings is 2. The van der Waals surface area contributed by atoms with Crippen molar-refractivity contribution in [2.45, 2.75) is 46.3 Å². The Morgan fingerprint density at radius 1 is 0.405 bits per heavy atom. The number of sulfonamides is 4. The van der Waals surface area contributed by atoms with Gasteiger partial charge in [-0.3, -0.25) is 13.9 Å². The van der Waals surface area contributed by atoms with Crippen molar-refractivity contribution in [1.82, 2.24) is 9.97 Å². The number of hydrogen-bond donors (Lipinski definition) is 0. The molecule has 0 saturated heterocycles. The van der Waals surface area contributed by atoms with Gasteiger partial charge in [0.25, 0.3) is 53.0 Å². The SMILES string of the molecule is CCCN(c1cnc(N(CCC)S(=O)(=O)c2ccc(F)cc2)c2ccccc12)S(=O)(=O)c1ccc(F)cc1.O=C=O.O=C=O.O=COCN(c1cnc(N(COC=O)S(=O)(=O)c2ccc(F)cc2)c2ccccc12)S(=O)(=O)c1ccc(F)cc1. The predicted molar refractivity (Wildman–Crippen MR) is 292 cm³/mol. The average molecular weight is 1240 g/mol. The van der Waals surface area contributed by atoms with Crippen molar-refractivity contribution >= 4 is 110 Å². The molecule has 2 aromatic heterocycles. The van der Waals surface area contributed by atoms with Crippen LogP contribution in [0.25, 0.3) is 21.5 Å². The summed E-state index contributed by atoms with van der Waals surface area (Å²) in [4.78, 5) is 62.3. The summed E-state index contributed by atoms with van der Waals surface area (Å²) in [6.45, 7) is 2.32. The van der Waals surface area contributed by atoms with Crippen LogP contribution in [-0.4, -0.2) is 95.4 Å². The summed E-state index contributed by atoms with van der Waals surface area (Å²) in [7, 11) is -17.1. The van der Waals surface area contributed by atoms with Crippen LogP contribution in [0.4, 0.5) is 40.6 Å². The summed E-state index contributed by atoms with van der Waals surface area (Å²) in [5.41, 5.74) is 0.159. The highest BCUT2D eigenvalue weighted by atomic mass is 32.2. The Kier molecular flexibility index (Phi) is 23.0. The van der Waals surface area contributed by atoms with E-state index in [1.807, 2.05) is 13.8 Å². The topological polar surface area (TPSA) is 296 Å². The van der Waals surface area contributed by atoms with Gasteiger partial charge in [0.2, 0.25) is 0 Å². The maximum Gasteiger partial charge on any atom is 0.373 e. The van der Waals surface area contributed by atoms with Crippen LogP contribution < -0.4 is 17.2 Å². The Bertz CT molecular complexity index is 3860. The largest absolute Gasteiger partial charge is 0.445 e. The zero-order valence-electron chi connectivity index (χ0n) is 43.8. The third-order valence-corrected chi connectivity index (χ3v) is 18.6. The molecule has 8 rings (SSSR count). The van der Waals surface area contributed by atoms with Crippen LogP contribution in [-0.2, 0) is 78.3 Å². The number of anilines is 4. The lowest BCUT2D eigenvalue weighted by Gasteiger charge is -2.28. The van der Waals surface area contributed by atoms with Crippen molar-refractivity contribution in [3.8, 4) is 0 Å². The lowest BCUT2D eigenvalue weighted by molar-refractivity contribution is -0.193. The molecule has 0 aliphatic rings. The van der Waals surface area contributed by atoms with Crippen molar-refractivity contribution in [3.05, 3.63) is 181 Å². The first-order valence-corrected chi connectivity index (χ1v) is 29.8. The van der Waals surface area contributed by atoms with Gasteiger partial charge in [0.15, 0.2) is 19.3 Å². The molecule has 0 bridgehead atoms. The van der Waals surface area contributed by atoms with Gasteiger partial charge in [-0.05, 0) is 110 Å². The summed E-state index contributed by atoms with van der Waals surface area (Å²) in [6, 6.07) is 29.8. The molecule has 6 aromatic carbocycles. The van der Waals surface area contributed by atoms with E-state index in [-0.39, 0.29) is 91.7 Å². The zero-order valence-corrected chi connectivity index (χ0v) is 47.0. The normalized spacial score (nSPS) is 11.1. The summed E-state index contributed by atoms with van der Waals surface area (Å²) < 4.78 is 176. The van der Waals surface area contributed by atoms with Crippen LogP contribution in [0.5, 0.6) is 0 Å². The molecule has 0 N–H and O–H groups in total. The van der Waals surface area contributed by atoms with E-state index >= 15 is 0 Å². The van der Waals surface area contributed by atoms with Gasteiger partial charge in [-0.2, -0.15) is 19.2 Å². The monoisotopic (exact) mass is 1240 g/mol. The molecular formula is C54H46F4N6O16S4. The Hall–Kier alpha value is -9.44. The van der Waals surface area contributed by atoms with E-state index in [9.17, 15) is 60.8 Å². The number of benzene rings is 6. The molecule has 0 saturated carbocycles. The zero-order chi connectivity index (χ0) is 61.8. The number of nitrogens with zero attached hydrogens (tertiary/aromatic N) is 6. The summed E-state index contributed by atoms with van der Waals surface area (Å²) in [6.07, 6.45) is 3.83. The van der Waals surface area contributed by atoms with Gasteiger partial charge >= 0.3 is 12.3 Å². The molecule has 8 aromatic rings. The third-order valence-electron chi connectivity index (χ3n) is 11.5.